The van der Waals surface area contributed by atoms with Crippen LogP contribution in [0.4, 0.5) is 4.79 Å². The fourth-order valence-electron chi connectivity index (χ4n) is 7.20. The standard InChI is InChI=1S/C24H30Cl2O7/c1-4-31-20(30)33-23(19(29)32-13-25)10-8-16-17-6-5-14-11-15(27)7-9-21(14,2)24(17,26)18(28)12-22(16,23)3/h7,9,11,16-18,28H,4-6,8,10,12-13H2,1-3H3/t16-,17-,18-,21-,22-,23-,24?/m0/s1. The Hall–Kier alpha value is -1.57. The predicted octanol–water partition coefficient (Wildman–Crippen LogP) is 4.28. The average Bonchev–Trinajstić information content (AvgIpc) is 3.03. The van der Waals surface area contributed by atoms with Crippen LogP contribution >= 0.6 is 23.2 Å². The van der Waals surface area contributed by atoms with E-state index in [4.69, 9.17) is 37.4 Å². The van der Waals surface area contributed by atoms with E-state index in [1.807, 2.05) is 19.9 Å². The number of allylic oxidation sites excluding steroid dienone is 4. The zero-order valence-electron chi connectivity index (χ0n) is 19.1. The van der Waals surface area contributed by atoms with Gasteiger partial charge in [0.05, 0.1) is 17.6 Å². The Kier molecular flexibility index (Phi) is 6.16. The van der Waals surface area contributed by atoms with Gasteiger partial charge in [0.1, 0.15) is 0 Å². The van der Waals surface area contributed by atoms with Crippen molar-refractivity contribution in [2.24, 2.45) is 22.7 Å². The topological polar surface area (TPSA) is 99.1 Å². The van der Waals surface area contributed by atoms with Gasteiger partial charge in [0, 0.05) is 10.8 Å². The van der Waals surface area contributed by atoms with Crippen LogP contribution in [0.3, 0.4) is 0 Å². The van der Waals surface area contributed by atoms with Gasteiger partial charge in [-0.3, -0.25) is 4.79 Å². The Labute approximate surface area is 203 Å². The summed E-state index contributed by atoms with van der Waals surface area (Å²) in [5.41, 5.74) is -2.39. The maximum atomic E-state index is 13.2. The highest BCUT2D eigenvalue weighted by Crippen LogP contribution is 2.71. The fraction of sp³-hybridized carbons (Fsp3) is 0.708. The van der Waals surface area contributed by atoms with Gasteiger partial charge >= 0.3 is 12.1 Å². The van der Waals surface area contributed by atoms with Gasteiger partial charge < -0.3 is 19.3 Å². The first-order valence-electron chi connectivity index (χ1n) is 11.4. The number of fused-ring (bicyclic) bond motifs is 5. The van der Waals surface area contributed by atoms with Crippen LogP contribution in [0.5, 0.6) is 0 Å². The highest BCUT2D eigenvalue weighted by Gasteiger charge is 2.75. The Bertz CT molecular complexity index is 932. The SMILES string of the molecule is CCOC(=O)O[C@]1(C(=O)OCCl)CC[C@H]2[C@@H]3CCC4=CC(=O)C=C[C@]4(C)C3(Cl)[C@@H](O)C[C@@]21C. The van der Waals surface area contributed by atoms with Crippen LogP contribution in [0.25, 0.3) is 0 Å². The van der Waals surface area contributed by atoms with Crippen molar-refractivity contribution >= 4 is 41.1 Å². The van der Waals surface area contributed by atoms with Crippen LogP contribution in [0.1, 0.15) is 52.9 Å². The quantitative estimate of drug-likeness (QED) is 0.454. The molecule has 0 aliphatic heterocycles. The smallest absolute Gasteiger partial charge is 0.446 e. The third kappa shape index (κ3) is 3.22. The highest BCUT2D eigenvalue weighted by molar-refractivity contribution is 6.26. The Morgan fingerprint density at radius 1 is 1.21 bits per heavy atom. The number of esters is 1. The van der Waals surface area contributed by atoms with Crippen molar-refractivity contribution in [2.75, 3.05) is 12.7 Å². The van der Waals surface area contributed by atoms with E-state index in [1.165, 1.54) is 6.08 Å². The first kappa shape index (κ1) is 24.6. The summed E-state index contributed by atoms with van der Waals surface area (Å²) >= 11 is 13.1. The number of halogens is 2. The molecule has 0 heterocycles. The molecule has 0 aromatic heterocycles. The molecule has 1 N–H and O–H groups in total. The zero-order valence-corrected chi connectivity index (χ0v) is 20.6. The maximum Gasteiger partial charge on any atom is 0.509 e. The number of carbonyl (C=O) groups is 3. The van der Waals surface area contributed by atoms with Crippen LogP contribution < -0.4 is 0 Å². The number of rotatable bonds is 4. The van der Waals surface area contributed by atoms with Gasteiger partial charge in [-0.1, -0.05) is 37.1 Å². The number of hydrogen-bond donors (Lipinski definition) is 1. The van der Waals surface area contributed by atoms with Crippen LogP contribution in [-0.2, 0) is 23.8 Å². The van der Waals surface area contributed by atoms with E-state index >= 15 is 0 Å². The van der Waals surface area contributed by atoms with Crippen molar-refractivity contribution < 1.29 is 33.7 Å². The van der Waals surface area contributed by atoms with Crippen LogP contribution in [0.2, 0.25) is 0 Å². The molecule has 1 unspecified atom stereocenters. The number of aliphatic hydroxyl groups is 1. The van der Waals surface area contributed by atoms with Gasteiger partial charge in [0.15, 0.2) is 11.8 Å². The van der Waals surface area contributed by atoms with Gasteiger partial charge in [-0.2, -0.15) is 0 Å². The lowest BCUT2D eigenvalue weighted by molar-refractivity contribution is -0.196. The Balaban J connectivity index is 1.78. The molecule has 3 fully saturated rings. The third-order valence-corrected chi connectivity index (χ3v) is 9.83. The van der Waals surface area contributed by atoms with E-state index in [0.29, 0.717) is 19.3 Å². The van der Waals surface area contributed by atoms with Crippen molar-refractivity contribution in [1.29, 1.82) is 0 Å². The van der Waals surface area contributed by atoms with E-state index in [2.05, 4.69) is 0 Å². The summed E-state index contributed by atoms with van der Waals surface area (Å²) in [6.07, 6.45) is 5.13. The van der Waals surface area contributed by atoms with Crippen molar-refractivity contribution in [3.05, 3.63) is 23.8 Å². The molecule has 7 nitrogen and oxygen atoms in total. The number of hydrogen-bond acceptors (Lipinski definition) is 7. The molecule has 0 spiro atoms. The molecule has 0 bridgehead atoms. The van der Waals surface area contributed by atoms with E-state index in [-0.39, 0.29) is 43.1 Å². The first-order valence-corrected chi connectivity index (χ1v) is 12.3. The lowest BCUT2D eigenvalue weighted by Gasteiger charge is -2.63. The van der Waals surface area contributed by atoms with Crippen LogP contribution in [0.15, 0.2) is 23.8 Å². The molecule has 0 amide bonds. The van der Waals surface area contributed by atoms with Crippen molar-refractivity contribution in [2.45, 2.75) is 69.5 Å². The summed E-state index contributed by atoms with van der Waals surface area (Å²) in [6, 6.07) is -0.385. The molecule has 0 radical (unpaired) electrons. The predicted molar refractivity (Wildman–Crippen MR) is 121 cm³/mol. The second-order valence-electron chi connectivity index (χ2n) is 9.96. The zero-order chi connectivity index (χ0) is 24.2. The minimum Gasteiger partial charge on any atom is -0.446 e. The van der Waals surface area contributed by atoms with Gasteiger partial charge in [-0.15, -0.1) is 11.6 Å². The van der Waals surface area contributed by atoms with Crippen molar-refractivity contribution in [1.82, 2.24) is 0 Å². The monoisotopic (exact) mass is 500 g/mol. The van der Waals surface area contributed by atoms with E-state index in [9.17, 15) is 19.5 Å². The molecule has 0 saturated heterocycles. The van der Waals surface area contributed by atoms with E-state index in [0.717, 1.165) is 5.57 Å². The Morgan fingerprint density at radius 3 is 2.61 bits per heavy atom. The molecule has 33 heavy (non-hydrogen) atoms. The summed E-state index contributed by atoms with van der Waals surface area (Å²) in [4.78, 5) is 36.6. The van der Waals surface area contributed by atoms with Gasteiger partial charge in [-0.05, 0) is 63.0 Å². The molecule has 0 aromatic carbocycles. The molecule has 3 saturated carbocycles. The number of ketones is 1. The third-order valence-electron chi connectivity index (χ3n) is 8.80. The number of ether oxygens (including phenoxy) is 3. The lowest BCUT2D eigenvalue weighted by atomic mass is 9.46. The van der Waals surface area contributed by atoms with Crippen LogP contribution in [-0.4, -0.2) is 52.3 Å². The summed E-state index contributed by atoms with van der Waals surface area (Å²) in [5.74, 6) is -1.15. The van der Waals surface area contributed by atoms with Gasteiger partial charge in [-0.25, -0.2) is 9.59 Å². The number of alkyl halides is 2. The van der Waals surface area contributed by atoms with Crippen LogP contribution in [0, 0.1) is 22.7 Å². The number of aliphatic hydroxyl groups excluding tert-OH is 1. The number of carbonyl (C=O) groups excluding carboxylic acids is 3. The fourth-order valence-corrected chi connectivity index (χ4v) is 7.82. The summed E-state index contributed by atoms with van der Waals surface area (Å²) in [7, 11) is 0. The molecule has 4 rings (SSSR count). The molecule has 182 valence electrons. The largest absolute Gasteiger partial charge is 0.509 e. The molecule has 0 aromatic rings. The summed E-state index contributed by atoms with van der Waals surface area (Å²) in [6.45, 7) is 5.56. The molecule has 9 heteroatoms. The maximum absolute atomic E-state index is 13.2. The van der Waals surface area contributed by atoms with Crippen molar-refractivity contribution in [3.8, 4) is 0 Å². The normalized spacial score (nSPS) is 43.6. The van der Waals surface area contributed by atoms with Gasteiger partial charge in [0.25, 0.3) is 0 Å². The molecular formula is C24H30Cl2O7. The Morgan fingerprint density at radius 2 is 1.94 bits per heavy atom. The average molecular weight is 501 g/mol. The lowest BCUT2D eigenvalue weighted by Crippen LogP contribution is -2.69. The van der Waals surface area contributed by atoms with E-state index in [1.54, 1.807) is 13.0 Å². The minimum atomic E-state index is -1.65. The summed E-state index contributed by atoms with van der Waals surface area (Å²) in [5, 5.41) is 11.6. The van der Waals surface area contributed by atoms with E-state index < -0.39 is 39.5 Å². The first-order chi connectivity index (χ1) is 15.5. The molecule has 4 aliphatic carbocycles. The molecule has 4 aliphatic rings. The molecular weight excluding hydrogens is 471 g/mol. The molecule has 7 atom stereocenters. The van der Waals surface area contributed by atoms with Gasteiger partial charge in [0.2, 0.25) is 5.60 Å². The second-order valence-corrected chi connectivity index (χ2v) is 10.8. The minimum absolute atomic E-state index is 0.0807. The highest BCUT2D eigenvalue weighted by atomic mass is 35.5. The summed E-state index contributed by atoms with van der Waals surface area (Å²) < 4.78 is 15.9. The second kappa shape index (κ2) is 8.28. The van der Waals surface area contributed by atoms with Crippen molar-refractivity contribution in [3.63, 3.8) is 0 Å².